The van der Waals surface area contributed by atoms with Gasteiger partial charge < -0.3 is 15.0 Å². The Hall–Kier alpha value is -3.85. The van der Waals surface area contributed by atoms with Crippen molar-refractivity contribution in [2.75, 3.05) is 23.3 Å². The Balaban J connectivity index is 1.60. The zero-order chi connectivity index (χ0) is 25.0. The van der Waals surface area contributed by atoms with Crippen molar-refractivity contribution in [3.05, 3.63) is 83.9 Å². The minimum Gasteiger partial charge on any atom is -0.495 e. The Morgan fingerprint density at radius 1 is 1.03 bits per heavy atom. The van der Waals surface area contributed by atoms with Crippen LogP contribution in [0.4, 0.5) is 11.4 Å². The molecule has 1 aliphatic rings. The van der Waals surface area contributed by atoms with Gasteiger partial charge in [-0.3, -0.25) is 14.3 Å². The number of carbonyl (C=O) groups is 2. The largest absolute Gasteiger partial charge is 0.495 e. The highest BCUT2D eigenvalue weighted by molar-refractivity contribution is 7.92. The number of amides is 2. The lowest BCUT2D eigenvalue weighted by Gasteiger charge is -2.20. The molecule has 0 spiro atoms. The van der Waals surface area contributed by atoms with Gasteiger partial charge in [0.05, 0.1) is 35.0 Å². The molecular formula is C26H27N3O5S. The molecule has 0 saturated carbocycles. The molecule has 2 N–H and O–H groups in total. The first kappa shape index (κ1) is 24.3. The molecule has 3 aromatic carbocycles. The molecule has 2 amide bonds. The fraction of sp³-hybridized carbons (Fsp3) is 0.231. The van der Waals surface area contributed by atoms with Crippen LogP contribution >= 0.6 is 0 Å². The second-order valence-electron chi connectivity index (χ2n) is 8.24. The molecule has 0 unspecified atom stereocenters. The fourth-order valence-electron chi connectivity index (χ4n) is 4.02. The van der Waals surface area contributed by atoms with Crippen LogP contribution < -0.4 is 19.7 Å². The highest BCUT2D eigenvalue weighted by Gasteiger charge is 2.27. The predicted molar refractivity (Wildman–Crippen MR) is 134 cm³/mol. The lowest BCUT2D eigenvalue weighted by Crippen LogP contribution is -2.28. The minimum atomic E-state index is -4.07. The van der Waals surface area contributed by atoms with E-state index in [1.165, 1.54) is 36.3 Å². The summed E-state index contributed by atoms with van der Waals surface area (Å²) in [4.78, 5) is 26.8. The number of nitrogens with one attached hydrogen (secondary N) is 2. The topological polar surface area (TPSA) is 105 Å². The standard InChI is InChI=1S/C26H27N3O5S/c1-18(19-9-4-3-5-10-19)27-26(31)21-11-6-7-12-22(21)28-35(32,33)20-14-15-24(34-2)23(17-20)29-16-8-13-25(29)30/h3-7,9-12,14-15,17-18,28H,8,13,16H2,1-2H3,(H,27,31)/t18-/m1/s1. The number of sulfonamides is 1. The van der Waals surface area contributed by atoms with Gasteiger partial charge in [0, 0.05) is 13.0 Å². The summed E-state index contributed by atoms with van der Waals surface area (Å²) in [5.41, 5.74) is 1.68. The number of hydrogen-bond donors (Lipinski definition) is 2. The van der Waals surface area contributed by atoms with E-state index in [1.807, 2.05) is 37.3 Å². The average molecular weight is 494 g/mol. The van der Waals surface area contributed by atoms with Crippen molar-refractivity contribution in [3.63, 3.8) is 0 Å². The van der Waals surface area contributed by atoms with E-state index in [1.54, 1.807) is 18.2 Å². The van der Waals surface area contributed by atoms with E-state index in [0.717, 1.165) is 5.56 Å². The molecule has 1 saturated heterocycles. The number of methoxy groups -OCH3 is 1. The van der Waals surface area contributed by atoms with Gasteiger partial charge in [0.2, 0.25) is 5.91 Å². The van der Waals surface area contributed by atoms with E-state index in [9.17, 15) is 18.0 Å². The Morgan fingerprint density at radius 2 is 1.74 bits per heavy atom. The van der Waals surface area contributed by atoms with Gasteiger partial charge in [0.1, 0.15) is 5.75 Å². The zero-order valence-electron chi connectivity index (χ0n) is 19.5. The summed E-state index contributed by atoms with van der Waals surface area (Å²) in [6.07, 6.45) is 1.10. The SMILES string of the molecule is COc1ccc(S(=O)(=O)Nc2ccccc2C(=O)N[C@H](C)c2ccccc2)cc1N1CCCC1=O. The fourth-order valence-corrected chi connectivity index (χ4v) is 5.12. The lowest BCUT2D eigenvalue weighted by atomic mass is 10.1. The van der Waals surface area contributed by atoms with Crippen LogP contribution in [-0.2, 0) is 14.8 Å². The number of ether oxygens (including phenoxy) is 1. The van der Waals surface area contributed by atoms with Gasteiger partial charge in [0.25, 0.3) is 15.9 Å². The van der Waals surface area contributed by atoms with E-state index in [2.05, 4.69) is 10.0 Å². The maximum atomic E-state index is 13.3. The van der Waals surface area contributed by atoms with Crippen LogP contribution in [0.5, 0.6) is 5.75 Å². The second-order valence-corrected chi connectivity index (χ2v) is 9.92. The molecule has 4 rings (SSSR count). The van der Waals surface area contributed by atoms with Crippen molar-refractivity contribution < 1.29 is 22.7 Å². The number of carbonyl (C=O) groups excluding carboxylic acids is 2. The molecule has 1 fully saturated rings. The van der Waals surface area contributed by atoms with Crippen LogP contribution in [0.25, 0.3) is 0 Å². The highest BCUT2D eigenvalue weighted by atomic mass is 32.2. The molecule has 35 heavy (non-hydrogen) atoms. The van der Waals surface area contributed by atoms with Crippen LogP contribution in [0.2, 0.25) is 0 Å². The maximum Gasteiger partial charge on any atom is 0.261 e. The molecule has 0 bridgehead atoms. The summed E-state index contributed by atoms with van der Waals surface area (Å²) in [5.74, 6) is -0.0769. The summed E-state index contributed by atoms with van der Waals surface area (Å²) < 4.78 is 34.4. The molecule has 0 aromatic heterocycles. The first-order valence-corrected chi connectivity index (χ1v) is 12.7. The molecule has 1 atom stereocenters. The van der Waals surface area contributed by atoms with Gasteiger partial charge >= 0.3 is 0 Å². The molecule has 0 aliphatic carbocycles. The van der Waals surface area contributed by atoms with E-state index >= 15 is 0 Å². The van der Waals surface area contributed by atoms with Gasteiger partial charge in [0.15, 0.2) is 0 Å². The van der Waals surface area contributed by atoms with Crippen LogP contribution in [0.3, 0.4) is 0 Å². The van der Waals surface area contributed by atoms with Gasteiger partial charge in [-0.25, -0.2) is 8.42 Å². The first-order valence-electron chi connectivity index (χ1n) is 11.3. The van der Waals surface area contributed by atoms with Crippen molar-refractivity contribution in [3.8, 4) is 5.75 Å². The van der Waals surface area contributed by atoms with E-state index in [-0.39, 0.29) is 28.1 Å². The number of hydrogen-bond acceptors (Lipinski definition) is 5. The van der Waals surface area contributed by atoms with Gasteiger partial charge in [-0.2, -0.15) is 0 Å². The third-order valence-electron chi connectivity index (χ3n) is 5.89. The molecule has 8 nitrogen and oxygen atoms in total. The van der Waals surface area contributed by atoms with Crippen LogP contribution in [0.15, 0.2) is 77.7 Å². The average Bonchev–Trinajstić information content (AvgIpc) is 3.29. The van der Waals surface area contributed by atoms with Gasteiger partial charge in [-0.15, -0.1) is 0 Å². The number of nitrogens with zero attached hydrogens (tertiary/aromatic N) is 1. The third-order valence-corrected chi connectivity index (χ3v) is 7.25. The number of rotatable bonds is 8. The van der Waals surface area contributed by atoms with E-state index in [0.29, 0.717) is 30.8 Å². The Morgan fingerprint density at radius 3 is 2.43 bits per heavy atom. The van der Waals surface area contributed by atoms with Crippen molar-refractivity contribution >= 4 is 33.2 Å². The molecule has 9 heteroatoms. The second kappa shape index (κ2) is 10.2. The van der Waals surface area contributed by atoms with Gasteiger partial charge in [-0.05, 0) is 49.2 Å². The zero-order valence-corrected chi connectivity index (χ0v) is 20.3. The Labute approximate surface area is 205 Å². The number of para-hydroxylation sites is 1. The summed E-state index contributed by atoms with van der Waals surface area (Å²) >= 11 is 0. The van der Waals surface area contributed by atoms with Gasteiger partial charge in [-0.1, -0.05) is 42.5 Å². The predicted octanol–water partition coefficient (Wildman–Crippen LogP) is 4.11. The Kier molecular flexibility index (Phi) is 7.07. The molecule has 182 valence electrons. The Bertz CT molecular complexity index is 1340. The monoisotopic (exact) mass is 493 g/mol. The minimum absolute atomic E-state index is 0.0409. The van der Waals surface area contributed by atoms with E-state index < -0.39 is 15.9 Å². The summed E-state index contributed by atoms with van der Waals surface area (Å²) in [6.45, 7) is 2.35. The summed E-state index contributed by atoms with van der Waals surface area (Å²) in [6, 6.07) is 20.0. The smallest absolute Gasteiger partial charge is 0.261 e. The number of anilines is 2. The molecular weight excluding hydrogens is 466 g/mol. The van der Waals surface area contributed by atoms with Crippen LogP contribution in [0, 0.1) is 0 Å². The van der Waals surface area contributed by atoms with Crippen LogP contribution in [-0.4, -0.2) is 33.9 Å². The van der Waals surface area contributed by atoms with Crippen molar-refractivity contribution in [1.82, 2.24) is 5.32 Å². The normalized spacial score (nSPS) is 14.5. The van der Waals surface area contributed by atoms with Crippen molar-refractivity contribution in [1.29, 1.82) is 0 Å². The molecule has 1 heterocycles. The first-order chi connectivity index (χ1) is 16.8. The van der Waals surface area contributed by atoms with Crippen molar-refractivity contribution in [2.45, 2.75) is 30.7 Å². The summed E-state index contributed by atoms with van der Waals surface area (Å²) in [5, 5.41) is 2.91. The van der Waals surface area contributed by atoms with E-state index in [4.69, 9.17) is 4.74 Å². The quantitative estimate of drug-likeness (QED) is 0.491. The molecule has 1 aliphatic heterocycles. The summed E-state index contributed by atoms with van der Waals surface area (Å²) in [7, 11) is -2.60. The molecule has 3 aromatic rings. The molecule has 0 radical (unpaired) electrons. The highest BCUT2D eigenvalue weighted by Crippen LogP contribution is 2.34. The maximum absolute atomic E-state index is 13.3. The third kappa shape index (κ3) is 5.30. The van der Waals surface area contributed by atoms with Crippen LogP contribution in [0.1, 0.15) is 41.7 Å². The van der Waals surface area contributed by atoms with Crippen molar-refractivity contribution in [2.24, 2.45) is 0 Å². The number of benzene rings is 3. The lowest BCUT2D eigenvalue weighted by molar-refractivity contribution is -0.117.